The van der Waals surface area contributed by atoms with Gasteiger partial charge in [0.2, 0.25) is 0 Å². The number of nitrogens with zero attached hydrogens (tertiary/aromatic N) is 1. The van der Waals surface area contributed by atoms with Gasteiger partial charge in [-0.3, -0.25) is 0 Å². The van der Waals surface area contributed by atoms with E-state index < -0.39 is 10.0 Å². The molecule has 31 heavy (non-hydrogen) atoms. The molecule has 0 spiro atoms. The largest absolute Gasteiger partial charge is 0.361 e. The van der Waals surface area contributed by atoms with Crippen LogP contribution in [0.4, 0.5) is 4.39 Å². The molecular weight excluding hydrogens is 411 g/mol. The van der Waals surface area contributed by atoms with Crippen molar-refractivity contribution in [3.05, 3.63) is 101 Å². The minimum atomic E-state index is -3.81. The number of aryl methyl sites for hydroxylation is 2. The number of hydrogen-bond acceptors (Lipinski definition) is 2. The molecule has 0 radical (unpaired) electrons. The van der Waals surface area contributed by atoms with Crippen LogP contribution in [-0.2, 0) is 16.4 Å². The fourth-order valence-electron chi connectivity index (χ4n) is 4.20. The number of rotatable bonds is 4. The molecule has 1 N–H and O–H groups in total. The van der Waals surface area contributed by atoms with Gasteiger partial charge in [-0.2, -0.15) is 0 Å². The number of benzene rings is 3. The second-order valence-electron chi connectivity index (χ2n) is 7.85. The highest BCUT2D eigenvalue weighted by Crippen LogP contribution is 2.33. The van der Waals surface area contributed by atoms with Gasteiger partial charge in [0.1, 0.15) is 5.82 Å². The van der Waals surface area contributed by atoms with E-state index in [9.17, 15) is 12.8 Å². The van der Waals surface area contributed by atoms with Gasteiger partial charge in [-0.05, 0) is 61.4 Å². The molecular formula is C25H21FN2O2S. The number of nitrogens with one attached hydrogen (secondary N) is 1. The lowest BCUT2D eigenvalue weighted by atomic mass is 10.1. The van der Waals surface area contributed by atoms with Crippen LogP contribution in [0.15, 0.2) is 77.8 Å². The Labute approximate surface area is 180 Å². The first-order chi connectivity index (χ1) is 14.9. The van der Waals surface area contributed by atoms with Crippen molar-refractivity contribution in [3.8, 4) is 0 Å². The van der Waals surface area contributed by atoms with Crippen LogP contribution in [0.3, 0.4) is 0 Å². The van der Waals surface area contributed by atoms with Crippen molar-refractivity contribution >= 4 is 31.8 Å². The topological polar surface area (TPSA) is 54.9 Å². The minimum absolute atomic E-state index is 0.251. The molecule has 0 aliphatic carbocycles. The molecule has 0 atom stereocenters. The number of aromatic nitrogens is 2. The van der Waals surface area contributed by atoms with Crippen LogP contribution >= 0.6 is 0 Å². The smallest absolute Gasteiger partial charge is 0.268 e. The molecule has 0 aliphatic heterocycles. The Morgan fingerprint density at radius 3 is 2.45 bits per heavy atom. The van der Waals surface area contributed by atoms with Crippen LogP contribution < -0.4 is 0 Å². The first-order valence-corrected chi connectivity index (χ1v) is 11.5. The maximum absolute atomic E-state index is 13.7. The molecule has 0 amide bonds. The highest BCUT2D eigenvalue weighted by Gasteiger charge is 2.26. The summed E-state index contributed by atoms with van der Waals surface area (Å²) in [6, 6.07) is 19.0. The molecule has 5 aromatic rings. The maximum atomic E-state index is 13.7. The van der Waals surface area contributed by atoms with Gasteiger partial charge >= 0.3 is 0 Å². The van der Waals surface area contributed by atoms with E-state index in [1.807, 2.05) is 44.3 Å². The lowest BCUT2D eigenvalue weighted by Crippen LogP contribution is -2.16. The maximum Gasteiger partial charge on any atom is 0.268 e. The second kappa shape index (κ2) is 7.10. The molecule has 5 rings (SSSR count). The summed E-state index contributed by atoms with van der Waals surface area (Å²) in [7, 11) is -3.81. The molecule has 4 nitrogen and oxygen atoms in total. The van der Waals surface area contributed by atoms with Crippen molar-refractivity contribution in [2.75, 3.05) is 0 Å². The quantitative estimate of drug-likeness (QED) is 0.396. The van der Waals surface area contributed by atoms with Gasteiger partial charge in [0.05, 0.1) is 10.4 Å². The van der Waals surface area contributed by atoms with Crippen molar-refractivity contribution in [1.29, 1.82) is 0 Å². The van der Waals surface area contributed by atoms with Gasteiger partial charge in [0.15, 0.2) is 0 Å². The molecule has 0 saturated heterocycles. The van der Waals surface area contributed by atoms with Crippen molar-refractivity contribution in [3.63, 3.8) is 0 Å². The zero-order chi connectivity index (χ0) is 21.8. The number of halogens is 1. The van der Waals surface area contributed by atoms with Crippen LogP contribution in [0.5, 0.6) is 0 Å². The first kappa shape index (κ1) is 19.6. The molecule has 3 aromatic carbocycles. The summed E-state index contributed by atoms with van der Waals surface area (Å²) in [6.45, 7) is 3.88. The zero-order valence-corrected chi connectivity index (χ0v) is 18.0. The molecule has 0 bridgehead atoms. The molecule has 2 aromatic heterocycles. The lowest BCUT2D eigenvalue weighted by molar-refractivity contribution is 0.587. The van der Waals surface area contributed by atoms with Crippen molar-refractivity contribution in [1.82, 2.24) is 8.96 Å². The summed E-state index contributed by atoms with van der Waals surface area (Å²) >= 11 is 0. The van der Waals surface area contributed by atoms with Gasteiger partial charge in [0.25, 0.3) is 10.0 Å². The molecule has 0 unspecified atom stereocenters. The van der Waals surface area contributed by atoms with Gasteiger partial charge in [-0.25, -0.2) is 16.8 Å². The highest BCUT2D eigenvalue weighted by molar-refractivity contribution is 7.90. The number of aromatic amines is 1. The molecule has 6 heteroatoms. The average molecular weight is 433 g/mol. The zero-order valence-electron chi connectivity index (χ0n) is 17.2. The predicted octanol–water partition coefficient (Wildman–Crippen LogP) is 5.71. The fraction of sp³-hybridized carbons (Fsp3) is 0.120. The Balaban J connectivity index is 1.75. The SMILES string of the molecule is Cc1ccc(S(=O)(=O)n2c(Cc3c[nH]c4cc(F)ccc34)c(C)c3ccccc32)cc1. The van der Waals surface area contributed by atoms with Crippen molar-refractivity contribution in [2.24, 2.45) is 0 Å². The van der Waals surface area contributed by atoms with E-state index in [2.05, 4.69) is 4.98 Å². The summed E-state index contributed by atoms with van der Waals surface area (Å²) in [5, 5.41) is 1.78. The van der Waals surface area contributed by atoms with Crippen molar-refractivity contribution in [2.45, 2.75) is 25.2 Å². The Kier molecular flexibility index (Phi) is 4.48. The monoisotopic (exact) mass is 432 g/mol. The van der Waals surface area contributed by atoms with E-state index in [1.165, 1.54) is 16.1 Å². The van der Waals surface area contributed by atoms with Crippen LogP contribution in [0.25, 0.3) is 21.8 Å². The summed E-state index contributed by atoms with van der Waals surface area (Å²) in [4.78, 5) is 3.35. The van der Waals surface area contributed by atoms with E-state index in [0.29, 0.717) is 23.1 Å². The average Bonchev–Trinajstić information content (AvgIpc) is 3.27. The Morgan fingerprint density at radius 1 is 0.935 bits per heavy atom. The second-order valence-corrected chi connectivity index (χ2v) is 9.64. The highest BCUT2D eigenvalue weighted by atomic mass is 32.2. The number of hydrogen-bond donors (Lipinski definition) is 1. The Hall–Kier alpha value is -3.38. The molecule has 2 heterocycles. The summed E-state index contributed by atoms with van der Waals surface area (Å²) in [5.74, 6) is -0.312. The van der Waals surface area contributed by atoms with Crippen LogP contribution in [0, 0.1) is 19.7 Å². The van der Waals surface area contributed by atoms with E-state index in [4.69, 9.17) is 0 Å². The van der Waals surface area contributed by atoms with Gasteiger partial charge in [-0.15, -0.1) is 0 Å². The third-order valence-electron chi connectivity index (χ3n) is 5.85. The van der Waals surface area contributed by atoms with Crippen LogP contribution in [-0.4, -0.2) is 17.4 Å². The standard InChI is InChI=1S/C25H21FN2O2S/c1-16-7-10-20(11-8-16)31(29,30)28-24-6-4-3-5-21(24)17(2)25(28)13-18-15-27-23-14-19(26)9-12-22(18)23/h3-12,14-15,27H,13H2,1-2H3. The summed E-state index contributed by atoms with van der Waals surface area (Å²) in [6.07, 6.45) is 2.22. The minimum Gasteiger partial charge on any atom is -0.361 e. The predicted molar refractivity (Wildman–Crippen MR) is 122 cm³/mol. The fourth-order valence-corrected chi connectivity index (χ4v) is 5.80. The molecule has 0 aliphatic rings. The molecule has 156 valence electrons. The lowest BCUT2D eigenvalue weighted by Gasteiger charge is -2.13. The third kappa shape index (κ3) is 3.15. The third-order valence-corrected chi connectivity index (χ3v) is 7.62. The normalized spacial score (nSPS) is 12.1. The Morgan fingerprint density at radius 2 is 1.68 bits per heavy atom. The van der Waals surface area contributed by atoms with Crippen LogP contribution in [0.1, 0.15) is 22.4 Å². The van der Waals surface area contributed by atoms with Gasteiger partial charge in [0, 0.05) is 34.6 Å². The molecule has 0 fully saturated rings. The number of H-pyrrole nitrogens is 1. The van der Waals surface area contributed by atoms with Gasteiger partial charge < -0.3 is 4.98 Å². The molecule has 0 saturated carbocycles. The van der Waals surface area contributed by atoms with E-state index in [1.54, 1.807) is 30.3 Å². The van der Waals surface area contributed by atoms with E-state index >= 15 is 0 Å². The summed E-state index contributed by atoms with van der Waals surface area (Å²) < 4.78 is 42.5. The van der Waals surface area contributed by atoms with E-state index in [0.717, 1.165) is 27.5 Å². The van der Waals surface area contributed by atoms with E-state index in [-0.39, 0.29) is 10.7 Å². The van der Waals surface area contributed by atoms with Gasteiger partial charge in [-0.1, -0.05) is 35.9 Å². The van der Waals surface area contributed by atoms with Crippen molar-refractivity contribution < 1.29 is 12.8 Å². The summed E-state index contributed by atoms with van der Waals surface area (Å²) in [5.41, 5.74) is 4.88. The Bertz CT molecular complexity index is 1540. The number of fused-ring (bicyclic) bond motifs is 2. The number of para-hydroxylation sites is 1. The van der Waals surface area contributed by atoms with Crippen LogP contribution in [0.2, 0.25) is 0 Å². The first-order valence-electron chi connectivity index (χ1n) is 10.0.